The monoisotopic (exact) mass is 301 g/mol. The highest BCUT2D eigenvalue weighted by molar-refractivity contribution is 7.89. The third-order valence-electron chi connectivity index (χ3n) is 3.15. The van der Waals surface area contributed by atoms with Crippen LogP contribution >= 0.6 is 0 Å². The molecule has 0 saturated heterocycles. The van der Waals surface area contributed by atoms with Gasteiger partial charge in [0.15, 0.2) is 0 Å². The van der Waals surface area contributed by atoms with Gasteiger partial charge < -0.3 is 10.2 Å². The molecule has 1 unspecified atom stereocenters. The molecule has 20 heavy (non-hydrogen) atoms. The SMILES string of the molecule is CCC(C)(O)CNS(=O)(=O)c1ccc(C)c(C(=O)O)c1. The largest absolute Gasteiger partial charge is 0.478 e. The molecule has 0 fully saturated rings. The average Bonchev–Trinajstić information content (AvgIpc) is 2.36. The van der Waals surface area contributed by atoms with Crippen molar-refractivity contribution < 1.29 is 23.4 Å². The van der Waals surface area contributed by atoms with Gasteiger partial charge >= 0.3 is 5.97 Å². The Morgan fingerprint density at radius 3 is 2.50 bits per heavy atom. The molecular formula is C13H19NO5S. The maximum atomic E-state index is 12.1. The van der Waals surface area contributed by atoms with E-state index in [2.05, 4.69) is 4.72 Å². The molecule has 0 aliphatic carbocycles. The number of aromatic carboxylic acids is 1. The number of hydrogen-bond donors (Lipinski definition) is 3. The Kier molecular flexibility index (Phi) is 4.90. The van der Waals surface area contributed by atoms with Crippen molar-refractivity contribution in [3.63, 3.8) is 0 Å². The molecule has 7 heteroatoms. The van der Waals surface area contributed by atoms with Crippen LogP contribution in [-0.4, -0.2) is 36.7 Å². The summed E-state index contributed by atoms with van der Waals surface area (Å²) < 4.78 is 26.4. The Balaban J connectivity index is 3.05. The normalized spacial score (nSPS) is 14.8. The van der Waals surface area contributed by atoms with Crippen LogP contribution in [0.5, 0.6) is 0 Å². The summed E-state index contributed by atoms with van der Waals surface area (Å²) in [5, 5.41) is 18.8. The number of aliphatic hydroxyl groups is 1. The molecule has 1 rings (SSSR count). The summed E-state index contributed by atoms with van der Waals surface area (Å²) in [7, 11) is -3.85. The van der Waals surface area contributed by atoms with E-state index in [4.69, 9.17) is 5.11 Å². The molecule has 0 bridgehead atoms. The van der Waals surface area contributed by atoms with E-state index < -0.39 is 21.6 Å². The van der Waals surface area contributed by atoms with E-state index in [1.54, 1.807) is 13.8 Å². The standard InChI is InChI=1S/C13H19NO5S/c1-4-13(3,17)8-14-20(18,19)10-6-5-9(2)11(7-10)12(15)16/h5-7,14,17H,4,8H2,1-3H3,(H,15,16). The number of hydrogen-bond acceptors (Lipinski definition) is 4. The van der Waals surface area contributed by atoms with Crippen molar-refractivity contribution in [3.8, 4) is 0 Å². The Morgan fingerprint density at radius 1 is 1.40 bits per heavy atom. The topological polar surface area (TPSA) is 104 Å². The van der Waals surface area contributed by atoms with Gasteiger partial charge in [-0.3, -0.25) is 0 Å². The Bertz CT molecular complexity index is 607. The lowest BCUT2D eigenvalue weighted by Crippen LogP contribution is -2.40. The van der Waals surface area contributed by atoms with E-state index in [1.165, 1.54) is 19.1 Å². The molecular weight excluding hydrogens is 282 g/mol. The molecule has 6 nitrogen and oxygen atoms in total. The van der Waals surface area contributed by atoms with Gasteiger partial charge in [-0.15, -0.1) is 0 Å². The van der Waals surface area contributed by atoms with Gasteiger partial charge in [0, 0.05) is 6.54 Å². The van der Waals surface area contributed by atoms with E-state index in [0.717, 1.165) is 6.07 Å². The second-order valence-electron chi connectivity index (χ2n) is 4.96. The van der Waals surface area contributed by atoms with E-state index in [0.29, 0.717) is 12.0 Å². The molecule has 1 aromatic carbocycles. The zero-order valence-electron chi connectivity index (χ0n) is 11.7. The molecule has 3 N–H and O–H groups in total. The van der Waals surface area contributed by atoms with Crippen LogP contribution in [0.25, 0.3) is 0 Å². The molecule has 0 aliphatic heterocycles. The molecule has 112 valence electrons. The highest BCUT2D eigenvalue weighted by Crippen LogP contribution is 2.16. The Labute approximate surface area is 118 Å². The maximum absolute atomic E-state index is 12.1. The molecule has 1 atom stereocenters. The van der Waals surface area contributed by atoms with Gasteiger partial charge in [0.05, 0.1) is 16.1 Å². The van der Waals surface area contributed by atoms with Crippen molar-refractivity contribution in [3.05, 3.63) is 29.3 Å². The minimum absolute atomic E-state index is 0.0601. The molecule has 0 spiro atoms. The maximum Gasteiger partial charge on any atom is 0.335 e. The zero-order valence-corrected chi connectivity index (χ0v) is 12.5. The van der Waals surface area contributed by atoms with E-state index in [-0.39, 0.29) is 17.0 Å². The van der Waals surface area contributed by atoms with Gasteiger partial charge in [-0.05, 0) is 38.0 Å². The fourth-order valence-corrected chi connectivity index (χ4v) is 2.65. The molecule has 0 aromatic heterocycles. The van der Waals surface area contributed by atoms with Crippen molar-refractivity contribution in [1.29, 1.82) is 0 Å². The number of carboxylic acid groups (broad SMARTS) is 1. The Morgan fingerprint density at radius 2 is 2.00 bits per heavy atom. The first kappa shape index (κ1) is 16.6. The van der Waals surface area contributed by atoms with Gasteiger partial charge in [0.2, 0.25) is 10.0 Å². The second-order valence-corrected chi connectivity index (χ2v) is 6.72. The first-order valence-electron chi connectivity index (χ1n) is 6.15. The molecule has 0 heterocycles. The van der Waals surface area contributed by atoms with E-state index in [1.807, 2.05) is 0 Å². The van der Waals surface area contributed by atoms with Crippen LogP contribution in [0.4, 0.5) is 0 Å². The molecule has 1 aromatic rings. The van der Waals surface area contributed by atoms with Crippen molar-refractivity contribution in [2.24, 2.45) is 0 Å². The summed E-state index contributed by atoms with van der Waals surface area (Å²) in [4.78, 5) is 10.9. The summed E-state index contributed by atoms with van der Waals surface area (Å²) in [5.74, 6) is -1.18. The zero-order chi connectivity index (χ0) is 15.6. The second kappa shape index (κ2) is 5.90. The third-order valence-corrected chi connectivity index (χ3v) is 4.55. The minimum Gasteiger partial charge on any atom is -0.478 e. The molecule has 0 aliphatic rings. The third kappa shape index (κ3) is 4.03. The predicted molar refractivity (Wildman–Crippen MR) is 74.2 cm³/mol. The molecule has 0 saturated carbocycles. The van der Waals surface area contributed by atoms with Crippen LogP contribution < -0.4 is 4.72 Å². The van der Waals surface area contributed by atoms with Gasteiger partial charge in [-0.2, -0.15) is 0 Å². The molecule has 0 radical (unpaired) electrons. The quantitative estimate of drug-likeness (QED) is 0.731. The van der Waals surface area contributed by atoms with Crippen molar-refractivity contribution in [1.82, 2.24) is 4.72 Å². The first-order chi connectivity index (χ1) is 9.09. The van der Waals surface area contributed by atoms with Crippen molar-refractivity contribution in [2.45, 2.75) is 37.7 Å². The number of benzene rings is 1. The Hall–Kier alpha value is -1.44. The van der Waals surface area contributed by atoms with Crippen molar-refractivity contribution in [2.75, 3.05) is 6.54 Å². The van der Waals surface area contributed by atoms with Crippen molar-refractivity contribution >= 4 is 16.0 Å². The van der Waals surface area contributed by atoms with Gasteiger partial charge in [-0.1, -0.05) is 13.0 Å². The number of rotatable bonds is 6. The summed E-state index contributed by atoms with van der Waals surface area (Å²) in [6.07, 6.45) is 0.393. The van der Waals surface area contributed by atoms with Gasteiger partial charge in [0.1, 0.15) is 0 Å². The smallest absolute Gasteiger partial charge is 0.335 e. The lowest BCUT2D eigenvalue weighted by Gasteiger charge is -2.21. The lowest BCUT2D eigenvalue weighted by atomic mass is 10.1. The van der Waals surface area contributed by atoms with Gasteiger partial charge in [0.25, 0.3) is 0 Å². The number of carboxylic acids is 1. The number of carbonyl (C=O) groups is 1. The van der Waals surface area contributed by atoms with Crippen LogP contribution in [0.15, 0.2) is 23.1 Å². The summed E-state index contributed by atoms with van der Waals surface area (Å²) in [6.45, 7) is 4.72. The van der Waals surface area contributed by atoms with E-state index >= 15 is 0 Å². The van der Waals surface area contributed by atoms with Crippen LogP contribution in [0.2, 0.25) is 0 Å². The highest BCUT2D eigenvalue weighted by Gasteiger charge is 2.23. The van der Waals surface area contributed by atoms with Crippen LogP contribution in [0, 0.1) is 6.92 Å². The summed E-state index contributed by atoms with van der Waals surface area (Å²) in [6, 6.07) is 3.89. The van der Waals surface area contributed by atoms with Crippen LogP contribution in [-0.2, 0) is 10.0 Å². The highest BCUT2D eigenvalue weighted by atomic mass is 32.2. The van der Waals surface area contributed by atoms with Crippen LogP contribution in [0.1, 0.15) is 36.2 Å². The fourth-order valence-electron chi connectivity index (χ4n) is 1.46. The van der Waals surface area contributed by atoms with E-state index in [9.17, 15) is 18.3 Å². The van der Waals surface area contributed by atoms with Gasteiger partial charge in [-0.25, -0.2) is 17.9 Å². The summed E-state index contributed by atoms with van der Waals surface area (Å²) in [5.41, 5.74) is -0.722. The lowest BCUT2D eigenvalue weighted by molar-refractivity contribution is 0.0613. The number of nitrogens with one attached hydrogen (secondary N) is 1. The fraction of sp³-hybridized carbons (Fsp3) is 0.462. The number of aryl methyl sites for hydroxylation is 1. The first-order valence-corrected chi connectivity index (χ1v) is 7.63. The number of sulfonamides is 1. The average molecular weight is 301 g/mol. The predicted octanol–water partition coefficient (Wildman–Crippen LogP) is 1.13. The van der Waals surface area contributed by atoms with Crippen LogP contribution in [0.3, 0.4) is 0 Å². The molecule has 0 amide bonds. The summed E-state index contributed by atoms with van der Waals surface area (Å²) >= 11 is 0. The minimum atomic E-state index is -3.85.